The number of hydrogen-bond acceptors (Lipinski definition) is 5. The normalized spacial score (nSPS) is 27.3. The summed E-state index contributed by atoms with van der Waals surface area (Å²) in [7, 11) is 3.61. The van der Waals surface area contributed by atoms with Gasteiger partial charge in [0.25, 0.3) is 5.56 Å². The number of aliphatic hydroxyl groups is 1. The summed E-state index contributed by atoms with van der Waals surface area (Å²) in [6, 6.07) is 11.3. The zero-order valence-electron chi connectivity index (χ0n) is 18.7. The van der Waals surface area contributed by atoms with E-state index < -0.39 is 0 Å². The largest absolute Gasteiger partial charge is 0.497 e. The Bertz CT molecular complexity index is 1080. The number of amides is 1. The Labute approximate surface area is 188 Å². The first-order chi connectivity index (χ1) is 15.5. The van der Waals surface area contributed by atoms with Crippen LogP contribution in [0, 0.1) is 11.8 Å². The Hall–Kier alpha value is -2.64. The highest BCUT2D eigenvalue weighted by Crippen LogP contribution is 2.47. The van der Waals surface area contributed by atoms with Gasteiger partial charge < -0.3 is 19.7 Å². The molecule has 7 nitrogen and oxygen atoms in total. The van der Waals surface area contributed by atoms with Crippen LogP contribution in [0.5, 0.6) is 5.75 Å². The van der Waals surface area contributed by atoms with Crippen LogP contribution in [0.2, 0.25) is 0 Å². The number of benzene rings is 1. The van der Waals surface area contributed by atoms with Crippen molar-refractivity contribution in [1.29, 1.82) is 0 Å². The van der Waals surface area contributed by atoms with Gasteiger partial charge in [-0.3, -0.25) is 14.5 Å². The fraction of sp³-hybridized carbons (Fsp3) is 0.520. The standard InChI is InChI=1S/C25H31N3O4/c1-27-21-13-28-20(11-10-18(25(28)31)15-6-5-9-17(12-15)32-2)23(27)22(19(21)14-29)24(30)26-16-7-3-4-8-16/h5-6,9-12,16,19,21-23,29H,3-4,7-8,13-14H2,1-2H3,(H,26,30)/t19-,21-,22+,23+/m0/s1. The molecule has 5 rings (SSSR count). The van der Waals surface area contributed by atoms with E-state index in [1.165, 1.54) is 0 Å². The topological polar surface area (TPSA) is 83.8 Å². The number of hydrogen-bond donors (Lipinski definition) is 2. The van der Waals surface area contributed by atoms with Crippen LogP contribution in [0.4, 0.5) is 0 Å². The molecule has 1 saturated carbocycles. The first kappa shape index (κ1) is 21.2. The number of nitrogens with zero attached hydrogens (tertiary/aromatic N) is 2. The highest BCUT2D eigenvalue weighted by atomic mass is 16.5. The monoisotopic (exact) mass is 437 g/mol. The molecule has 2 aromatic rings. The van der Waals surface area contributed by atoms with Crippen molar-refractivity contribution in [3.8, 4) is 16.9 Å². The molecule has 0 spiro atoms. The van der Waals surface area contributed by atoms with Gasteiger partial charge in [-0.1, -0.05) is 25.0 Å². The third-order valence-corrected chi connectivity index (χ3v) is 7.73. The number of aliphatic hydroxyl groups excluding tert-OH is 1. The number of rotatable bonds is 5. The van der Waals surface area contributed by atoms with Crippen LogP contribution in [0.3, 0.4) is 0 Å². The molecule has 1 amide bonds. The molecular formula is C25H31N3O4. The van der Waals surface area contributed by atoms with Gasteiger partial charge in [0.15, 0.2) is 0 Å². The predicted octanol–water partition coefficient (Wildman–Crippen LogP) is 2.18. The van der Waals surface area contributed by atoms with Crippen molar-refractivity contribution in [2.24, 2.45) is 11.8 Å². The molecule has 4 atom stereocenters. The zero-order chi connectivity index (χ0) is 22.4. The summed E-state index contributed by atoms with van der Waals surface area (Å²) in [6.45, 7) is 0.400. The summed E-state index contributed by atoms with van der Waals surface area (Å²) in [5.41, 5.74) is 2.21. The van der Waals surface area contributed by atoms with Crippen LogP contribution in [-0.4, -0.2) is 53.3 Å². The highest BCUT2D eigenvalue weighted by Gasteiger charge is 2.54. The molecule has 0 radical (unpaired) electrons. The number of methoxy groups -OCH3 is 1. The lowest BCUT2D eigenvalue weighted by Gasteiger charge is -2.35. The van der Waals surface area contributed by atoms with Crippen molar-refractivity contribution in [2.75, 3.05) is 20.8 Å². The summed E-state index contributed by atoms with van der Waals surface area (Å²) in [6.07, 6.45) is 4.34. The Morgan fingerprint density at radius 2 is 2.00 bits per heavy atom. The molecule has 1 aromatic carbocycles. The van der Waals surface area contributed by atoms with Crippen LogP contribution in [0.15, 0.2) is 41.2 Å². The molecule has 0 unspecified atom stereocenters. The van der Waals surface area contributed by atoms with E-state index in [-0.39, 0.29) is 48.0 Å². The Kier molecular flexibility index (Phi) is 5.55. The summed E-state index contributed by atoms with van der Waals surface area (Å²) in [5.74, 6) is 0.138. The number of fused-ring (bicyclic) bond motifs is 4. The van der Waals surface area contributed by atoms with Crippen LogP contribution in [-0.2, 0) is 11.3 Å². The Morgan fingerprint density at radius 3 is 2.72 bits per heavy atom. The maximum Gasteiger partial charge on any atom is 0.258 e. The number of nitrogens with one attached hydrogen (secondary N) is 1. The first-order valence-electron chi connectivity index (χ1n) is 11.5. The smallest absolute Gasteiger partial charge is 0.258 e. The van der Waals surface area contributed by atoms with E-state index >= 15 is 0 Å². The number of carbonyl (C=O) groups excluding carboxylic acids is 1. The Balaban J connectivity index is 1.53. The average Bonchev–Trinajstić information content (AvgIpc) is 3.36. The van der Waals surface area contributed by atoms with Crippen molar-refractivity contribution in [3.05, 3.63) is 52.4 Å². The maximum atomic E-state index is 13.5. The van der Waals surface area contributed by atoms with E-state index in [0.717, 1.165) is 36.9 Å². The molecular weight excluding hydrogens is 406 g/mol. The molecule has 32 heavy (non-hydrogen) atoms. The van der Waals surface area contributed by atoms with Crippen LogP contribution in [0.1, 0.15) is 37.4 Å². The minimum atomic E-state index is -0.369. The van der Waals surface area contributed by atoms with Crippen molar-refractivity contribution in [1.82, 2.24) is 14.8 Å². The second-order valence-electron chi connectivity index (χ2n) is 9.36. The van der Waals surface area contributed by atoms with E-state index in [2.05, 4.69) is 10.2 Å². The summed E-state index contributed by atoms with van der Waals surface area (Å²) >= 11 is 0. The van der Waals surface area contributed by atoms with E-state index in [0.29, 0.717) is 17.9 Å². The van der Waals surface area contributed by atoms with E-state index in [9.17, 15) is 14.7 Å². The highest BCUT2D eigenvalue weighted by molar-refractivity contribution is 5.81. The zero-order valence-corrected chi connectivity index (χ0v) is 18.7. The Morgan fingerprint density at radius 1 is 1.22 bits per heavy atom. The van der Waals surface area contributed by atoms with Gasteiger partial charge in [0.05, 0.1) is 19.1 Å². The lowest BCUT2D eigenvalue weighted by atomic mass is 9.86. The summed E-state index contributed by atoms with van der Waals surface area (Å²) < 4.78 is 7.14. The predicted molar refractivity (Wildman–Crippen MR) is 121 cm³/mol. The van der Waals surface area contributed by atoms with Crippen molar-refractivity contribution in [3.63, 3.8) is 0 Å². The van der Waals surface area contributed by atoms with Gasteiger partial charge in [0.1, 0.15) is 5.75 Å². The quantitative estimate of drug-likeness (QED) is 0.749. The second kappa shape index (κ2) is 8.37. The molecule has 3 heterocycles. The molecule has 1 aromatic heterocycles. The van der Waals surface area contributed by atoms with Crippen molar-refractivity contribution < 1.29 is 14.6 Å². The van der Waals surface area contributed by atoms with Crippen LogP contribution >= 0.6 is 0 Å². The fourth-order valence-electron chi connectivity index (χ4n) is 6.07. The SMILES string of the molecule is COc1cccc(-c2ccc3n(c2=O)C[C@H]2[C@H](CO)[C@@H](C(=O)NC4CCCC4)[C@@H]3N2C)c1. The van der Waals surface area contributed by atoms with Gasteiger partial charge in [-0.05, 0) is 49.7 Å². The molecule has 3 aliphatic rings. The molecule has 1 aliphatic carbocycles. The first-order valence-corrected chi connectivity index (χ1v) is 11.5. The van der Waals surface area contributed by atoms with Gasteiger partial charge >= 0.3 is 0 Å². The molecule has 2 bridgehead atoms. The van der Waals surface area contributed by atoms with Crippen LogP contribution in [0.25, 0.3) is 11.1 Å². The number of ether oxygens (including phenoxy) is 1. The molecule has 170 valence electrons. The molecule has 2 fully saturated rings. The fourth-order valence-corrected chi connectivity index (χ4v) is 6.07. The lowest BCUT2D eigenvalue weighted by molar-refractivity contribution is -0.128. The summed E-state index contributed by atoms with van der Waals surface area (Å²) in [4.78, 5) is 29.1. The van der Waals surface area contributed by atoms with E-state index in [4.69, 9.17) is 4.74 Å². The number of pyridine rings is 1. The van der Waals surface area contributed by atoms with Gasteiger partial charge in [-0.15, -0.1) is 0 Å². The van der Waals surface area contributed by atoms with Gasteiger partial charge in [-0.2, -0.15) is 0 Å². The van der Waals surface area contributed by atoms with Crippen molar-refractivity contribution >= 4 is 5.91 Å². The minimum Gasteiger partial charge on any atom is -0.497 e. The average molecular weight is 438 g/mol. The van der Waals surface area contributed by atoms with E-state index in [1.54, 1.807) is 7.11 Å². The third-order valence-electron chi connectivity index (χ3n) is 7.73. The molecule has 1 saturated heterocycles. The molecule has 7 heteroatoms. The van der Waals surface area contributed by atoms with Gasteiger partial charge in [0, 0.05) is 42.4 Å². The van der Waals surface area contributed by atoms with Crippen LogP contribution < -0.4 is 15.6 Å². The van der Waals surface area contributed by atoms with Crippen molar-refractivity contribution in [2.45, 2.75) is 50.4 Å². The number of aromatic nitrogens is 1. The molecule has 2 aliphatic heterocycles. The van der Waals surface area contributed by atoms with E-state index in [1.807, 2.05) is 48.0 Å². The van der Waals surface area contributed by atoms with Gasteiger partial charge in [-0.25, -0.2) is 0 Å². The third kappa shape index (κ3) is 3.35. The number of likely N-dealkylation sites (N-methyl/N-ethyl adjacent to an activating group) is 1. The minimum absolute atomic E-state index is 0.00747. The maximum absolute atomic E-state index is 13.5. The second-order valence-corrected chi connectivity index (χ2v) is 9.36. The summed E-state index contributed by atoms with van der Waals surface area (Å²) in [5, 5.41) is 13.5. The number of carbonyl (C=O) groups is 1. The van der Waals surface area contributed by atoms with Gasteiger partial charge in [0.2, 0.25) is 5.91 Å². The lowest BCUT2D eigenvalue weighted by Crippen LogP contribution is -2.44. The molecule has 2 N–H and O–H groups in total.